The molecule has 0 radical (unpaired) electrons. The van der Waals surface area contributed by atoms with Gasteiger partial charge in [0.15, 0.2) is 0 Å². The zero-order valence-corrected chi connectivity index (χ0v) is 16.6. The summed E-state index contributed by atoms with van der Waals surface area (Å²) in [6.45, 7) is 2.04. The van der Waals surface area contributed by atoms with Crippen LogP contribution in [0.2, 0.25) is 5.02 Å². The maximum atomic E-state index is 13.2. The Kier molecular flexibility index (Phi) is 4.65. The molecule has 146 valence electrons. The number of sulfonamides is 1. The van der Waals surface area contributed by atoms with Gasteiger partial charge in [0, 0.05) is 11.6 Å². The molecule has 0 saturated carbocycles. The smallest absolute Gasteiger partial charge is 0.329 e. The largest absolute Gasteiger partial charge is 0.332 e. The summed E-state index contributed by atoms with van der Waals surface area (Å²) in [7, 11) is -3.91. The van der Waals surface area contributed by atoms with Crippen LogP contribution in [0, 0.1) is 6.92 Å². The van der Waals surface area contributed by atoms with Crippen LogP contribution in [0.3, 0.4) is 0 Å². The zero-order chi connectivity index (χ0) is 20.1. The minimum Gasteiger partial charge on any atom is -0.332 e. The van der Waals surface area contributed by atoms with Crippen molar-refractivity contribution in [3.8, 4) is 0 Å². The number of carbonyl (C=O) groups is 2. The van der Waals surface area contributed by atoms with E-state index in [1.165, 1.54) is 28.6 Å². The van der Waals surface area contributed by atoms with Crippen molar-refractivity contribution in [3.63, 3.8) is 0 Å². The van der Waals surface area contributed by atoms with Crippen LogP contribution in [0.15, 0.2) is 53.4 Å². The molecule has 4 rings (SSSR count). The van der Waals surface area contributed by atoms with Crippen LogP contribution in [0.4, 0.5) is 10.5 Å². The number of benzene rings is 2. The predicted molar refractivity (Wildman–Crippen MR) is 105 cm³/mol. The molecule has 0 unspecified atom stereocenters. The quantitative estimate of drug-likeness (QED) is 0.828. The molecule has 2 aromatic carbocycles. The number of hydrogen-bond acceptors (Lipinski definition) is 4. The molecule has 0 aliphatic carbocycles. The van der Waals surface area contributed by atoms with Crippen LogP contribution < -0.4 is 10.2 Å². The predicted octanol–water partition coefficient (Wildman–Crippen LogP) is 2.54. The van der Waals surface area contributed by atoms with Gasteiger partial charge in [0.2, 0.25) is 10.0 Å². The van der Waals surface area contributed by atoms with Gasteiger partial charge in [-0.2, -0.15) is 4.31 Å². The third-order valence-corrected chi connectivity index (χ3v) is 7.20. The van der Waals surface area contributed by atoms with Gasteiger partial charge in [-0.1, -0.05) is 29.3 Å². The molecule has 2 aliphatic heterocycles. The number of nitrogens with one attached hydrogen (secondary N) is 1. The Morgan fingerprint density at radius 2 is 1.68 bits per heavy atom. The minimum absolute atomic E-state index is 0.0594. The summed E-state index contributed by atoms with van der Waals surface area (Å²) >= 11 is 5.85. The first kappa shape index (κ1) is 18.9. The Hall–Kier alpha value is -2.42. The van der Waals surface area contributed by atoms with Gasteiger partial charge in [0.05, 0.1) is 16.6 Å². The highest BCUT2D eigenvalue weighted by Crippen LogP contribution is 2.32. The second-order valence-corrected chi connectivity index (χ2v) is 9.20. The van der Waals surface area contributed by atoms with Crippen molar-refractivity contribution in [3.05, 3.63) is 59.1 Å². The van der Waals surface area contributed by atoms with Crippen LogP contribution in [0.25, 0.3) is 0 Å². The topological polar surface area (TPSA) is 86.8 Å². The van der Waals surface area contributed by atoms with E-state index < -0.39 is 34.0 Å². The van der Waals surface area contributed by atoms with E-state index in [9.17, 15) is 18.0 Å². The lowest BCUT2D eigenvalue weighted by Crippen LogP contribution is -2.64. The summed E-state index contributed by atoms with van der Waals surface area (Å²) in [4.78, 5) is 26.8. The lowest BCUT2D eigenvalue weighted by atomic mass is 10.1. The number of amides is 3. The molecular weight excluding hydrogens is 402 g/mol. The summed E-state index contributed by atoms with van der Waals surface area (Å²) in [5.74, 6) is -0.548. The Labute approximate surface area is 167 Å². The van der Waals surface area contributed by atoms with Crippen molar-refractivity contribution in [2.75, 3.05) is 11.4 Å². The molecule has 9 heteroatoms. The fourth-order valence-electron chi connectivity index (χ4n) is 3.62. The van der Waals surface area contributed by atoms with Gasteiger partial charge >= 0.3 is 6.03 Å². The van der Waals surface area contributed by atoms with Crippen molar-refractivity contribution in [2.45, 2.75) is 30.3 Å². The third-order valence-electron chi connectivity index (χ3n) is 5.05. The number of carbonyl (C=O) groups excluding carboxylic acids is 2. The summed E-state index contributed by atoms with van der Waals surface area (Å²) in [6.07, 6.45) is 0.372. The van der Waals surface area contributed by atoms with E-state index in [2.05, 4.69) is 5.32 Å². The first-order valence-corrected chi connectivity index (χ1v) is 10.6. The second-order valence-electron chi connectivity index (χ2n) is 6.87. The molecule has 2 heterocycles. The monoisotopic (exact) mass is 419 g/mol. The summed E-state index contributed by atoms with van der Waals surface area (Å²) in [6, 6.07) is 10.6. The highest BCUT2D eigenvalue weighted by atomic mass is 35.5. The van der Waals surface area contributed by atoms with Crippen molar-refractivity contribution >= 4 is 39.2 Å². The number of nitrogens with zero attached hydrogens (tertiary/aromatic N) is 2. The van der Waals surface area contributed by atoms with Gasteiger partial charge < -0.3 is 5.32 Å². The van der Waals surface area contributed by atoms with Crippen LogP contribution >= 0.6 is 11.6 Å². The van der Waals surface area contributed by atoms with E-state index in [1.807, 2.05) is 6.92 Å². The number of aryl methyl sites for hydroxylation is 1. The molecule has 2 atom stereocenters. The van der Waals surface area contributed by atoms with Gasteiger partial charge in [-0.3, -0.25) is 4.79 Å². The van der Waals surface area contributed by atoms with Gasteiger partial charge in [-0.05, 0) is 49.7 Å². The van der Waals surface area contributed by atoms with Crippen LogP contribution in [0.1, 0.15) is 12.0 Å². The molecular formula is C19H18ClN3O4S. The number of fused-ring (bicyclic) bond motifs is 1. The highest BCUT2D eigenvalue weighted by Gasteiger charge is 2.52. The molecule has 7 nitrogen and oxygen atoms in total. The summed E-state index contributed by atoms with van der Waals surface area (Å²) in [5.41, 5.74) is 1.39. The fraction of sp³-hybridized carbons (Fsp3) is 0.263. The average molecular weight is 420 g/mol. The van der Waals surface area contributed by atoms with E-state index >= 15 is 0 Å². The standard InChI is InChI=1S/C19H18ClN3O4S/c1-12-2-6-14(7-3-12)23-18(24)17-16(21-19(23)25)10-11-22(17)28(26,27)15-8-4-13(20)5-9-15/h2-9,16-17H,10-11H2,1H3,(H,21,25)/t16-,17+/m1/s1. The summed E-state index contributed by atoms with van der Waals surface area (Å²) < 4.78 is 27.4. The number of hydrogen-bond donors (Lipinski definition) is 1. The molecule has 1 N–H and O–H groups in total. The zero-order valence-electron chi connectivity index (χ0n) is 15.0. The van der Waals surface area contributed by atoms with Gasteiger partial charge in [-0.15, -0.1) is 0 Å². The van der Waals surface area contributed by atoms with Crippen LogP contribution in [0.5, 0.6) is 0 Å². The van der Waals surface area contributed by atoms with Crippen molar-refractivity contribution in [1.82, 2.24) is 9.62 Å². The third kappa shape index (κ3) is 3.07. The van der Waals surface area contributed by atoms with Crippen LogP contribution in [-0.2, 0) is 14.8 Å². The Morgan fingerprint density at radius 3 is 2.32 bits per heavy atom. The normalized spacial score (nSPS) is 22.9. The molecule has 0 spiro atoms. The number of rotatable bonds is 3. The number of urea groups is 1. The molecule has 2 aliphatic rings. The Bertz CT molecular complexity index is 1040. The number of anilines is 1. The fourth-order valence-corrected chi connectivity index (χ4v) is 5.37. The van der Waals surface area contributed by atoms with Gasteiger partial charge in [0.25, 0.3) is 5.91 Å². The average Bonchev–Trinajstić information content (AvgIpc) is 3.08. The van der Waals surface area contributed by atoms with E-state index in [0.717, 1.165) is 10.5 Å². The lowest BCUT2D eigenvalue weighted by molar-refractivity contribution is -0.122. The van der Waals surface area contributed by atoms with E-state index in [4.69, 9.17) is 11.6 Å². The first-order valence-electron chi connectivity index (χ1n) is 8.77. The van der Waals surface area contributed by atoms with Crippen LogP contribution in [-0.4, -0.2) is 43.3 Å². The molecule has 0 aromatic heterocycles. The number of imide groups is 1. The Balaban J connectivity index is 1.70. The van der Waals surface area contributed by atoms with E-state index in [0.29, 0.717) is 17.1 Å². The molecule has 0 bridgehead atoms. The van der Waals surface area contributed by atoms with Crippen molar-refractivity contribution < 1.29 is 18.0 Å². The Morgan fingerprint density at radius 1 is 1.04 bits per heavy atom. The highest BCUT2D eigenvalue weighted by molar-refractivity contribution is 7.89. The molecule has 2 fully saturated rings. The van der Waals surface area contributed by atoms with E-state index in [1.54, 1.807) is 24.3 Å². The molecule has 3 amide bonds. The van der Waals surface area contributed by atoms with Crippen molar-refractivity contribution in [1.29, 1.82) is 0 Å². The second kappa shape index (κ2) is 6.88. The van der Waals surface area contributed by atoms with Gasteiger partial charge in [-0.25, -0.2) is 18.1 Å². The minimum atomic E-state index is -3.91. The lowest BCUT2D eigenvalue weighted by Gasteiger charge is -2.36. The summed E-state index contributed by atoms with van der Waals surface area (Å²) in [5, 5.41) is 3.19. The maximum absolute atomic E-state index is 13.2. The van der Waals surface area contributed by atoms with Crippen molar-refractivity contribution in [2.24, 2.45) is 0 Å². The SMILES string of the molecule is Cc1ccc(N2C(=O)N[C@@H]3CCN(S(=O)(=O)c4ccc(Cl)cc4)[C@@H]3C2=O)cc1. The van der Waals surface area contributed by atoms with E-state index in [-0.39, 0.29) is 11.4 Å². The van der Waals surface area contributed by atoms with Gasteiger partial charge in [0.1, 0.15) is 6.04 Å². The molecule has 2 saturated heterocycles. The number of halogens is 1. The first-order chi connectivity index (χ1) is 13.3. The molecule has 28 heavy (non-hydrogen) atoms. The maximum Gasteiger partial charge on any atom is 0.329 e. The molecule has 2 aromatic rings.